The van der Waals surface area contributed by atoms with Crippen LogP contribution in [0.25, 0.3) is 0 Å². The van der Waals surface area contributed by atoms with Gasteiger partial charge in [-0.3, -0.25) is 0 Å². The van der Waals surface area contributed by atoms with Crippen molar-refractivity contribution >= 4 is 21.8 Å². The Morgan fingerprint density at radius 3 is 2.25 bits per heavy atom. The smallest absolute Gasteiger partial charge is 0.211 e. The summed E-state index contributed by atoms with van der Waals surface area (Å²) in [6, 6.07) is 1.83. The van der Waals surface area contributed by atoms with Crippen LogP contribution < -0.4 is 0 Å². The average Bonchev–Trinajstić information content (AvgIpc) is 2.26. The van der Waals surface area contributed by atoms with Gasteiger partial charge in [-0.05, 0) is 19.1 Å². The molecule has 0 saturated heterocycles. The van der Waals surface area contributed by atoms with E-state index in [0.29, 0.717) is 6.42 Å². The largest absolute Gasteiger partial charge is 0.230 e. The minimum absolute atomic E-state index is 0.0256. The highest BCUT2D eigenvalue weighted by Crippen LogP contribution is 2.17. The van der Waals surface area contributed by atoms with Crippen LogP contribution in [0.4, 0.5) is 0 Å². The van der Waals surface area contributed by atoms with Gasteiger partial charge in [0.1, 0.15) is 0 Å². The van der Waals surface area contributed by atoms with Crippen LogP contribution in [-0.2, 0) is 10.0 Å². The van der Waals surface area contributed by atoms with Crippen molar-refractivity contribution in [1.82, 2.24) is 4.31 Å². The molecule has 16 heavy (non-hydrogen) atoms. The quantitative estimate of drug-likeness (QED) is 0.702. The van der Waals surface area contributed by atoms with Gasteiger partial charge < -0.3 is 0 Å². The summed E-state index contributed by atoms with van der Waals surface area (Å²) < 4.78 is 25.5. The first kappa shape index (κ1) is 15.8. The molecule has 94 valence electrons. The van der Waals surface area contributed by atoms with E-state index in [4.69, 9.17) is 5.26 Å². The Balaban J connectivity index is 4.94. The summed E-state index contributed by atoms with van der Waals surface area (Å²) >= 11 is 1.62. The zero-order valence-electron chi connectivity index (χ0n) is 10.3. The maximum Gasteiger partial charge on any atom is 0.230 e. The third kappa shape index (κ3) is 3.65. The molecular formula is C10H20N2O2S2. The van der Waals surface area contributed by atoms with Crippen LogP contribution in [-0.4, -0.2) is 43.1 Å². The van der Waals surface area contributed by atoms with Crippen molar-refractivity contribution in [2.24, 2.45) is 0 Å². The second-order valence-electron chi connectivity index (χ2n) is 3.60. The molecule has 0 aliphatic carbocycles. The van der Waals surface area contributed by atoms with Gasteiger partial charge in [-0.25, -0.2) is 8.42 Å². The summed E-state index contributed by atoms with van der Waals surface area (Å²) in [5.41, 5.74) is 0. The zero-order chi connectivity index (χ0) is 12.8. The molecule has 0 aromatic carbocycles. The molecule has 0 aromatic rings. The van der Waals surface area contributed by atoms with Crippen molar-refractivity contribution in [3.63, 3.8) is 0 Å². The van der Waals surface area contributed by atoms with Crippen LogP contribution in [0.1, 0.15) is 26.7 Å². The van der Waals surface area contributed by atoms with Gasteiger partial charge in [0.25, 0.3) is 0 Å². The highest BCUT2D eigenvalue weighted by Gasteiger charge is 2.32. The van der Waals surface area contributed by atoms with E-state index >= 15 is 0 Å². The summed E-state index contributed by atoms with van der Waals surface area (Å²) in [5.74, 6) is 0.758. The Hall–Kier alpha value is -0.250. The first-order valence-corrected chi connectivity index (χ1v) is 8.20. The third-order valence-electron chi connectivity index (χ3n) is 2.62. The lowest BCUT2D eigenvalue weighted by Crippen LogP contribution is -2.43. The Kier molecular flexibility index (Phi) is 7.04. The van der Waals surface area contributed by atoms with Gasteiger partial charge in [0.2, 0.25) is 10.0 Å². The van der Waals surface area contributed by atoms with Gasteiger partial charge in [-0.1, -0.05) is 13.8 Å². The topological polar surface area (TPSA) is 61.2 Å². The summed E-state index contributed by atoms with van der Waals surface area (Å²) in [6.07, 6.45) is 3.04. The fourth-order valence-corrected chi connectivity index (χ4v) is 3.98. The van der Waals surface area contributed by atoms with Gasteiger partial charge in [0.15, 0.2) is 5.25 Å². The van der Waals surface area contributed by atoms with E-state index in [2.05, 4.69) is 0 Å². The van der Waals surface area contributed by atoms with Crippen molar-refractivity contribution in [2.75, 3.05) is 19.1 Å². The minimum atomic E-state index is -3.48. The molecule has 0 N–H and O–H groups in total. The summed E-state index contributed by atoms with van der Waals surface area (Å²) in [6.45, 7) is 3.68. The molecule has 0 aromatic heterocycles. The third-order valence-corrected chi connectivity index (χ3v) is 5.60. The fraction of sp³-hybridized carbons (Fsp3) is 0.900. The van der Waals surface area contributed by atoms with Crippen LogP contribution in [0.15, 0.2) is 0 Å². The Labute approximate surface area is 103 Å². The summed E-state index contributed by atoms with van der Waals surface area (Å²) in [7, 11) is -1.91. The molecule has 0 aliphatic heterocycles. The van der Waals surface area contributed by atoms with Crippen molar-refractivity contribution < 1.29 is 8.42 Å². The Bertz CT molecular complexity index is 335. The molecule has 0 amide bonds. The standard InChI is InChI=1S/C10H20N2O2S2/c1-5-9(8-15-4)12(3)16(13,14)10(6-2)7-11/h9-10H,5-6,8H2,1-4H3. The molecule has 4 nitrogen and oxygen atoms in total. The van der Waals surface area contributed by atoms with Crippen LogP contribution in [0.5, 0.6) is 0 Å². The molecule has 0 bridgehead atoms. The van der Waals surface area contributed by atoms with Crippen molar-refractivity contribution in [2.45, 2.75) is 38.0 Å². The van der Waals surface area contributed by atoms with Gasteiger partial charge in [0, 0.05) is 18.8 Å². The number of sulfonamides is 1. The van der Waals surface area contributed by atoms with E-state index < -0.39 is 15.3 Å². The van der Waals surface area contributed by atoms with Gasteiger partial charge in [-0.15, -0.1) is 0 Å². The zero-order valence-corrected chi connectivity index (χ0v) is 11.9. The van der Waals surface area contributed by atoms with Crippen LogP contribution in [0.2, 0.25) is 0 Å². The molecule has 0 aliphatic rings. The maximum absolute atomic E-state index is 12.1. The first-order valence-electron chi connectivity index (χ1n) is 5.31. The van der Waals surface area contributed by atoms with E-state index in [1.165, 1.54) is 4.31 Å². The van der Waals surface area contributed by atoms with E-state index in [9.17, 15) is 8.42 Å². The molecule has 0 rings (SSSR count). The predicted molar refractivity (Wildman–Crippen MR) is 68.8 cm³/mol. The highest BCUT2D eigenvalue weighted by atomic mass is 32.2. The number of rotatable bonds is 7. The van der Waals surface area contributed by atoms with E-state index in [1.807, 2.05) is 19.2 Å². The average molecular weight is 264 g/mol. The number of hydrogen-bond donors (Lipinski definition) is 0. The molecule has 0 heterocycles. The van der Waals surface area contributed by atoms with E-state index in [0.717, 1.165) is 12.2 Å². The number of nitrogens with zero attached hydrogens (tertiary/aromatic N) is 2. The predicted octanol–water partition coefficient (Wildman–Crippen LogP) is 1.69. The molecular weight excluding hydrogens is 244 g/mol. The SMILES string of the molecule is CCC(CSC)N(C)S(=O)(=O)C(C#N)CC. The van der Waals surface area contributed by atoms with Gasteiger partial charge >= 0.3 is 0 Å². The lowest BCUT2D eigenvalue weighted by atomic mass is 10.3. The first-order chi connectivity index (χ1) is 7.45. The molecule has 0 spiro atoms. The van der Waals surface area contributed by atoms with E-state index in [1.54, 1.807) is 25.7 Å². The minimum Gasteiger partial charge on any atom is -0.211 e. The van der Waals surface area contributed by atoms with Crippen molar-refractivity contribution in [3.05, 3.63) is 0 Å². The highest BCUT2D eigenvalue weighted by molar-refractivity contribution is 7.98. The van der Waals surface area contributed by atoms with Crippen molar-refractivity contribution in [3.8, 4) is 6.07 Å². The molecule has 0 fully saturated rings. The number of thioether (sulfide) groups is 1. The molecule has 0 saturated carbocycles. The summed E-state index contributed by atoms with van der Waals surface area (Å²) in [4.78, 5) is 0. The number of nitriles is 1. The maximum atomic E-state index is 12.1. The Morgan fingerprint density at radius 2 is 1.94 bits per heavy atom. The van der Waals surface area contributed by atoms with Crippen molar-refractivity contribution in [1.29, 1.82) is 5.26 Å². The molecule has 2 unspecified atom stereocenters. The van der Waals surface area contributed by atoms with Gasteiger partial charge in [-0.2, -0.15) is 21.3 Å². The normalized spacial score (nSPS) is 15.8. The van der Waals surface area contributed by atoms with E-state index in [-0.39, 0.29) is 6.04 Å². The van der Waals surface area contributed by atoms with Crippen LogP contribution >= 0.6 is 11.8 Å². The van der Waals surface area contributed by atoms with Crippen LogP contribution in [0.3, 0.4) is 0 Å². The van der Waals surface area contributed by atoms with Gasteiger partial charge in [0.05, 0.1) is 6.07 Å². The fourth-order valence-electron chi connectivity index (χ4n) is 1.45. The second kappa shape index (κ2) is 7.15. The lowest BCUT2D eigenvalue weighted by molar-refractivity contribution is 0.382. The monoisotopic (exact) mass is 264 g/mol. The molecule has 2 atom stereocenters. The van der Waals surface area contributed by atoms with Crippen LogP contribution in [0, 0.1) is 11.3 Å². The molecule has 6 heteroatoms. The summed E-state index contributed by atoms with van der Waals surface area (Å²) in [5, 5.41) is 7.91. The second-order valence-corrected chi connectivity index (χ2v) is 6.69. The number of hydrogen-bond acceptors (Lipinski definition) is 4. The lowest BCUT2D eigenvalue weighted by Gasteiger charge is -2.27. The Morgan fingerprint density at radius 1 is 1.38 bits per heavy atom. The molecule has 0 radical (unpaired) electrons.